The summed E-state index contributed by atoms with van der Waals surface area (Å²) < 4.78 is 68.5. The van der Waals surface area contributed by atoms with Crippen LogP contribution in [0.1, 0.15) is 26.8 Å². The number of nitrogens with zero attached hydrogens (tertiary/aromatic N) is 1. The fourth-order valence-corrected chi connectivity index (χ4v) is 5.34. The molecule has 1 atom stereocenters. The fraction of sp³-hybridized carbons (Fsp3) is 0.176. The lowest BCUT2D eigenvalue weighted by molar-refractivity contribution is -0.155. The minimum absolute atomic E-state index is 0.129. The van der Waals surface area contributed by atoms with Gasteiger partial charge in [-0.15, -0.1) is 11.3 Å². The van der Waals surface area contributed by atoms with Crippen LogP contribution in [0.15, 0.2) is 47.2 Å². The van der Waals surface area contributed by atoms with E-state index in [1.54, 1.807) is 0 Å². The standard InChI is InChI=1S/C17H11BrF5N2O3PS/c18-12-10-6-8(3-4-11(10)30-14(12)17(22,23)29(27)28)15(26)25-13(16(19,20)21)9-2-1-5-24-7-9/h1-7,13,27-28H,(H,25,26). The molecule has 0 saturated heterocycles. The zero-order valence-corrected chi connectivity index (χ0v) is 17.8. The van der Waals surface area contributed by atoms with Gasteiger partial charge in [0, 0.05) is 38.1 Å². The molecule has 160 valence electrons. The summed E-state index contributed by atoms with van der Waals surface area (Å²) in [4.78, 5) is 33.4. The van der Waals surface area contributed by atoms with E-state index in [4.69, 9.17) is 9.79 Å². The number of pyridine rings is 1. The molecule has 1 amide bonds. The van der Waals surface area contributed by atoms with Gasteiger partial charge in [0.05, 0.1) is 4.88 Å². The van der Waals surface area contributed by atoms with Gasteiger partial charge in [0.15, 0.2) is 6.04 Å². The number of rotatable bonds is 5. The van der Waals surface area contributed by atoms with Crippen LogP contribution in [-0.4, -0.2) is 26.9 Å². The van der Waals surface area contributed by atoms with Gasteiger partial charge in [0.25, 0.3) is 5.91 Å². The second-order valence-corrected chi connectivity index (χ2v) is 9.01. The van der Waals surface area contributed by atoms with Crippen LogP contribution in [0, 0.1) is 0 Å². The monoisotopic (exact) mass is 528 g/mol. The zero-order valence-electron chi connectivity index (χ0n) is 14.5. The molecule has 3 N–H and O–H groups in total. The molecule has 0 fully saturated rings. The molecule has 3 rings (SSSR count). The summed E-state index contributed by atoms with van der Waals surface area (Å²) >= 11 is 3.53. The van der Waals surface area contributed by atoms with Crippen molar-refractivity contribution >= 4 is 51.6 Å². The lowest BCUT2D eigenvalue weighted by Crippen LogP contribution is -2.38. The van der Waals surface area contributed by atoms with Crippen LogP contribution in [0.4, 0.5) is 22.0 Å². The summed E-state index contributed by atoms with van der Waals surface area (Å²) in [6.07, 6.45) is -2.52. The number of amides is 1. The summed E-state index contributed by atoms with van der Waals surface area (Å²) in [6, 6.07) is 3.79. The van der Waals surface area contributed by atoms with Crippen LogP contribution in [0.25, 0.3) is 10.1 Å². The maximum atomic E-state index is 14.0. The van der Waals surface area contributed by atoms with Crippen molar-refractivity contribution < 1.29 is 36.5 Å². The highest BCUT2D eigenvalue weighted by Crippen LogP contribution is 2.57. The summed E-state index contributed by atoms with van der Waals surface area (Å²) in [5.74, 6) is -1.07. The summed E-state index contributed by atoms with van der Waals surface area (Å²) in [7, 11) is -3.61. The van der Waals surface area contributed by atoms with Gasteiger partial charge in [0.1, 0.15) is 0 Å². The molecule has 2 heterocycles. The molecule has 3 aromatic rings. The molecule has 5 nitrogen and oxygen atoms in total. The Kier molecular flexibility index (Phi) is 6.45. The van der Waals surface area contributed by atoms with Gasteiger partial charge >= 0.3 is 11.8 Å². The zero-order chi connectivity index (χ0) is 22.3. The van der Waals surface area contributed by atoms with E-state index in [0.29, 0.717) is 11.3 Å². The van der Waals surface area contributed by atoms with Crippen molar-refractivity contribution in [2.75, 3.05) is 0 Å². The first-order valence-corrected chi connectivity index (χ1v) is 10.8. The van der Waals surface area contributed by atoms with Crippen LogP contribution in [0.3, 0.4) is 0 Å². The van der Waals surface area contributed by atoms with E-state index in [2.05, 4.69) is 20.9 Å². The Morgan fingerprint density at radius 3 is 2.47 bits per heavy atom. The highest BCUT2D eigenvalue weighted by molar-refractivity contribution is 9.10. The molecule has 1 aromatic carbocycles. The van der Waals surface area contributed by atoms with Gasteiger partial charge < -0.3 is 15.1 Å². The van der Waals surface area contributed by atoms with Crippen LogP contribution in [0.2, 0.25) is 0 Å². The molecule has 0 aliphatic heterocycles. The highest BCUT2D eigenvalue weighted by atomic mass is 79.9. The molecule has 0 radical (unpaired) electrons. The van der Waals surface area contributed by atoms with E-state index < -0.39 is 37.0 Å². The molecule has 13 heteroatoms. The molecule has 0 spiro atoms. The van der Waals surface area contributed by atoms with Gasteiger partial charge in [-0.3, -0.25) is 9.78 Å². The predicted molar refractivity (Wildman–Crippen MR) is 105 cm³/mol. The number of benzene rings is 1. The Morgan fingerprint density at radius 1 is 1.20 bits per heavy atom. The van der Waals surface area contributed by atoms with Crippen LogP contribution in [0.5, 0.6) is 0 Å². The lowest BCUT2D eigenvalue weighted by atomic mass is 10.1. The first kappa shape index (κ1) is 23.0. The highest BCUT2D eigenvalue weighted by Gasteiger charge is 2.45. The third-order valence-corrected chi connectivity index (χ3v) is 7.24. The van der Waals surface area contributed by atoms with Crippen molar-refractivity contribution in [2.45, 2.75) is 17.9 Å². The van der Waals surface area contributed by atoms with Gasteiger partial charge in [-0.25, -0.2) is 0 Å². The number of halogens is 6. The number of hydrogen-bond donors (Lipinski definition) is 3. The van der Waals surface area contributed by atoms with Crippen molar-refractivity contribution in [1.29, 1.82) is 0 Å². The minimum atomic E-state index is -4.79. The average molecular weight is 529 g/mol. The number of hydrogen-bond acceptors (Lipinski definition) is 5. The quantitative estimate of drug-likeness (QED) is 0.304. The van der Waals surface area contributed by atoms with E-state index in [1.807, 2.05) is 5.32 Å². The SMILES string of the molecule is O=C(NC(c1cccnc1)C(F)(F)F)c1ccc2sc(C(F)(F)P(O)O)c(Br)c2c1. The second kappa shape index (κ2) is 8.43. The first-order chi connectivity index (χ1) is 13.9. The van der Waals surface area contributed by atoms with Crippen molar-refractivity contribution in [3.63, 3.8) is 0 Å². The Bertz CT molecular complexity index is 1080. The third kappa shape index (κ3) is 4.47. The molecule has 1 unspecified atom stereocenters. The first-order valence-electron chi connectivity index (χ1n) is 7.98. The van der Waals surface area contributed by atoms with E-state index in [1.165, 1.54) is 30.5 Å². The van der Waals surface area contributed by atoms with E-state index in [-0.39, 0.29) is 25.7 Å². The molecule has 0 aliphatic carbocycles. The Labute approximate surface area is 179 Å². The van der Waals surface area contributed by atoms with Gasteiger partial charge in [-0.1, -0.05) is 6.07 Å². The summed E-state index contributed by atoms with van der Waals surface area (Å²) in [5, 5.41) is 2.02. The second-order valence-electron chi connectivity index (χ2n) is 6.02. The van der Waals surface area contributed by atoms with Gasteiger partial charge in [-0.2, -0.15) is 22.0 Å². The summed E-state index contributed by atoms with van der Waals surface area (Å²) in [5.41, 5.74) is -4.37. The molecular weight excluding hydrogens is 518 g/mol. The van der Waals surface area contributed by atoms with Crippen molar-refractivity contribution in [3.05, 3.63) is 63.2 Å². The molecule has 0 aliphatic rings. The van der Waals surface area contributed by atoms with Crippen molar-refractivity contribution in [1.82, 2.24) is 10.3 Å². The third-order valence-electron chi connectivity index (χ3n) is 4.03. The Balaban J connectivity index is 1.96. The average Bonchev–Trinajstić information content (AvgIpc) is 3.02. The number of thiophene rings is 1. The van der Waals surface area contributed by atoms with E-state index >= 15 is 0 Å². The normalized spacial score (nSPS) is 13.6. The number of alkyl halides is 5. The minimum Gasteiger partial charge on any atom is -0.346 e. The molecule has 30 heavy (non-hydrogen) atoms. The smallest absolute Gasteiger partial charge is 0.346 e. The fourth-order valence-electron chi connectivity index (χ4n) is 2.61. The molecule has 2 aromatic heterocycles. The van der Waals surface area contributed by atoms with Crippen LogP contribution in [-0.2, 0) is 5.66 Å². The molecule has 0 bridgehead atoms. The number of carbonyl (C=O) groups excluding carboxylic acids is 1. The molecule has 0 saturated carbocycles. The van der Waals surface area contributed by atoms with E-state index in [0.717, 1.165) is 12.3 Å². The number of fused-ring (bicyclic) bond motifs is 1. The van der Waals surface area contributed by atoms with Gasteiger partial charge in [0.2, 0.25) is 8.38 Å². The topological polar surface area (TPSA) is 82.5 Å². The Morgan fingerprint density at radius 2 is 1.90 bits per heavy atom. The number of aromatic nitrogens is 1. The van der Waals surface area contributed by atoms with Crippen molar-refractivity contribution in [3.8, 4) is 0 Å². The largest absolute Gasteiger partial charge is 0.412 e. The van der Waals surface area contributed by atoms with Gasteiger partial charge in [-0.05, 0) is 40.2 Å². The predicted octanol–water partition coefficient (Wildman–Crippen LogP) is 5.44. The maximum absolute atomic E-state index is 14.0. The van der Waals surface area contributed by atoms with Crippen molar-refractivity contribution in [2.24, 2.45) is 0 Å². The van der Waals surface area contributed by atoms with Crippen LogP contribution < -0.4 is 5.32 Å². The Hall–Kier alpha value is -1.72. The molecular formula is C17H11BrF5N2O3PS. The van der Waals surface area contributed by atoms with E-state index in [9.17, 15) is 26.7 Å². The maximum Gasteiger partial charge on any atom is 0.412 e. The summed E-state index contributed by atoms with van der Waals surface area (Å²) in [6.45, 7) is 0. The number of nitrogens with one attached hydrogen (secondary N) is 1. The lowest BCUT2D eigenvalue weighted by Gasteiger charge is -2.21. The number of carbonyl (C=O) groups is 1. The van der Waals surface area contributed by atoms with Crippen LogP contribution >= 0.6 is 35.6 Å².